The van der Waals surface area contributed by atoms with Gasteiger partial charge in [0.2, 0.25) is 0 Å². The highest BCUT2D eigenvalue weighted by atomic mass is 19.4. The van der Waals surface area contributed by atoms with Gasteiger partial charge >= 0.3 is 6.18 Å². The van der Waals surface area contributed by atoms with E-state index in [9.17, 15) is 23.2 Å². The van der Waals surface area contributed by atoms with Gasteiger partial charge in [-0.1, -0.05) is 24.3 Å². The number of aryl methyl sites for hydroxylation is 1. The third-order valence-electron chi connectivity index (χ3n) is 6.09. The summed E-state index contributed by atoms with van der Waals surface area (Å²) >= 11 is 0. The van der Waals surface area contributed by atoms with E-state index in [0.717, 1.165) is 10.2 Å². The molecule has 3 aromatic rings. The van der Waals surface area contributed by atoms with Crippen LogP contribution in [-0.4, -0.2) is 47.5 Å². The molecular formula is C24H23F3N6O3. The number of nitrogens with one attached hydrogen (secondary N) is 1. The van der Waals surface area contributed by atoms with Crippen molar-refractivity contribution in [2.45, 2.75) is 38.1 Å². The van der Waals surface area contributed by atoms with Crippen LogP contribution < -0.4 is 10.6 Å². The number of rotatable bonds is 6. The number of ether oxygens (including phenoxy) is 1. The van der Waals surface area contributed by atoms with E-state index in [1.165, 1.54) is 12.5 Å². The Morgan fingerprint density at radius 2 is 2.03 bits per heavy atom. The zero-order valence-electron chi connectivity index (χ0n) is 19.5. The molecule has 1 aromatic carbocycles. The molecule has 2 aromatic heterocycles. The zero-order chi connectivity index (χ0) is 26.2. The Bertz CT molecular complexity index is 1340. The highest BCUT2D eigenvalue weighted by Gasteiger charge is 2.51. The van der Waals surface area contributed by atoms with Gasteiger partial charge in [0, 0.05) is 37.2 Å². The van der Waals surface area contributed by atoms with Gasteiger partial charge in [0.15, 0.2) is 11.9 Å². The molecular weight excluding hydrogens is 477 g/mol. The van der Waals surface area contributed by atoms with Crippen LogP contribution >= 0.6 is 0 Å². The van der Waals surface area contributed by atoms with Crippen molar-refractivity contribution in [2.75, 3.05) is 18.6 Å². The summed E-state index contributed by atoms with van der Waals surface area (Å²) in [6.07, 6.45) is -4.19. The van der Waals surface area contributed by atoms with E-state index in [1.54, 1.807) is 43.1 Å². The van der Waals surface area contributed by atoms with Gasteiger partial charge in [0.1, 0.15) is 23.7 Å². The summed E-state index contributed by atoms with van der Waals surface area (Å²) in [5.74, 6) is -1.91. The van der Waals surface area contributed by atoms with E-state index in [0.29, 0.717) is 11.1 Å². The summed E-state index contributed by atoms with van der Waals surface area (Å²) in [6.45, 7) is 1.70. The summed E-state index contributed by atoms with van der Waals surface area (Å²) < 4.78 is 52.0. The maximum Gasteiger partial charge on any atom is 0.415 e. The van der Waals surface area contributed by atoms with Gasteiger partial charge in [-0.3, -0.25) is 10.2 Å². The standard InChI is InChI=1S/C24H23F3N6O3/c1-13-11-35-12-18(13)23(34)33-22(32(2)10-14-3-5-15(6-4-14)21(29)30)17(9-28)19(31-33)16-7-8-36-20(16)24(25,26)27/h3-6,11-12,16,20H,7-8,10H2,1-2H3,(H3,29,30). The van der Waals surface area contributed by atoms with Crippen LogP contribution in [0.5, 0.6) is 0 Å². The number of furan rings is 1. The highest BCUT2D eigenvalue weighted by molar-refractivity contribution is 5.99. The number of nitriles is 1. The number of aromatic nitrogens is 2. The number of carbonyl (C=O) groups is 1. The fourth-order valence-electron chi connectivity index (χ4n) is 4.31. The Morgan fingerprint density at radius 3 is 2.58 bits per heavy atom. The minimum absolute atomic E-state index is 0.00443. The van der Waals surface area contributed by atoms with Crippen molar-refractivity contribution < 1.29 is 27.1 Å². The first-order valence-electron chi connectivity index (χ1n) is 11.0. The second-order valence-corrected chi connectivity index (χ2v) is 8.58. The number of hydrogen-bond acceptors (Lipinski definition) is 7. The molecule has 1 fully saturated rings. The third kappa shape index (κ3) is 4.57. The number of amidine groups is 1. The Kier molecular flexibility index (Phi) is 6.60. The minimum atomic E-state index is -4.66. The molecule has 3 heterocycles. The first kappa shape index (κ1) is 25.0. The monoisotopic (exact) mass is 500 g/mol. The van der Waals surface area contributed by atoms with Gasteiger partial charge < -0.3 is 19.8 Å². The van der Waals surface area contributed by atoms with E-state index >= 15 is 0 Å². The number of hydrogen-bond donors (Lipinski definition) is 2. The Balaban J connectivity index is 1.81. The first-order chi connectivity index (χ1) is 17.0. The van der Waals surface area contributed by atoms with Gasteiger partial charge in [-0.15, -0.1) is 0 Å². The van der Waals surface area contributed by atoms with Crippen molar-refractivity contribution in [2.24, 2.45) is 5.73 Å². The zero-order valence-corrected chi connectivity index (χ0v) is 19.5. The molecule has 0 spiro atoms. The molecule has 1 aliphatic rings. The second-order valence-electron chi connectivity index (χ2n) is 8.58. The van der Waals surface area contributed by atoms with E-state index in [4.69, 9.17) is 20.3 Å². The smallest absolute Gasteiger partial charge is 0.415 e. The summed E-state index contributed by atoms with van der Waals surface area (Å²) in [4.78, 5) is 15.0. The lowest BCUT2D eigenvalue weighted by molar-refractivity contribution is -0.210. The van der Waals surface area contributed by atoms with E-state index < -0.39 is 24.1 Å². The van der Waals surface area contributed by atoms with Crippen LogP contribution in [-0.2, 0) is 11.3 Å². The van der Waals surface area contributed by atoms with Gasteiger partial charge in [-0.25, -0.2) is 0 Å². The summed E-state index contributed by atoms with van der Waals surface area (Å²) in [7, 11) is 1.61. The number of carbonyl (C=O) groups excluding carboxylic acids is 1. The lowest BCUT2D eigenvalue weighted by Crippen LogP contribution is -2.33. The molecule has 0 amide bonds. The first-order valence-corrected chi connectivity index (χ1v) is 11.0. The quantitative estimate of drug-likeness (QED) is 0.389. The molecule has 9 nitrogen and oxygen atoms in total. The number of nitrogens with zero attached hydrogens (tertiary/aromatic N) is 4. The van der Waals surface area contributed by atoms with Crippen LogP contribution in [0.15, 0.2) is 41.2 Å². The summed E-state index contributed by atoms with van der Waals surface area (Å²) in [5, 5.41) is 21.8. The average Bonchev–Trinajstić information content (AvgIpc) is 3.56. The number of halogens is 3. The molecule has 188 valence electrons. The maximum absolute atomic E-state index is 13.7. The molecule has 1 saturated heterocycles. The number of anilines is 1. The van der Waals surface area contributed by atoms with Crippen LogP contribution in [0.3, 0.4) is 0 Å². The molecule has 12 heteroatoms. The van der Waals surface area contributed by atoms with Gasteiger partial charge in [-0.2, -0.15) is 28.2 Å². The molecule has 0 saturated carbocycles. The van der Waals surface area contributed by atoms with Gasteiger partial charge in [0.25, 0.3) is 5.91 Å². The van der Waals surface area contributed by atoms with Crippen molar-refractivity contribution in [3.8, 4) is 6.07 Å². The molecule has 0 aliphatic carbocycles. The second kappa shape index (κ2) is 9.50. The lowest BCUT2D eigenvalue weighted by Gasteiger charge is -2.21. The maximum atomic E-state index is 13.7. The normalized spacial score (nSPS) is 17.7. The number of benzene rings is 1. The van der Waals surface area contributed by atoms with Crippen LogP contribution in [0.4, 0.5) is 19.0 Å². The molecule has 0 radical (unpaired) electrons. The highest BCUT2D eigenvalue weighted by Crippen LogP contribution is 2.43. The Labute approximate surface area is 204 Å². The fraction of sp³-hybridized carbons (Fsp3) is 0.333. The van der Waals surface area contributed by atoms with Crippen LogP contribution in [0.2, 0.25) is 0 Å². The number of nitrogen functional groups attached to an aromatic ring is 1. The molecule has 3 N–H and O–H groups in total. The SMILES string of the molecule is Cc1cocc1C(=O)n1nc(C2CCOC2C(F)(F)F)c(C#N)c1N(C)Cc1ccc(C(=N)N)cc1. The molecule has 2 unspecified atom stereocenters. The van der Waals surface area contributed by atoms with Gasteiger partial charge in [-0.05, 0) is 18.9 Å². The molecule has 0 bridgehead atoms. The van der Waals surface area contributed by atoms with Crippen molar-refractivity contribution in [3.05, 3.63) is 70.3 Å². The van der Waals surface area contributed by atoms with Crippen molar-refractivity contribution >= 4 is 17.6 Å². The number of alkyl halides is 3. The van der Waals surface area contributed by atoms with E-state index in [-0.39, 0.29) is 48.0 Å². The molecule has 36 heavy (non-hydrogen) atoms. The molecule has 2 atom stereocenters. The van der Waals surface area contributed by atoms with Crippen molar-refractivity contribution in [1.82, 2.24) is 9.78 Å². The Morgan fingerprint density at radius 1 is 1.33 bits per heavy atom. The predicted octanol–water partition coefficient (Wildman–Crippen LogP) is 3.70. The summed E-state index contributed by atoms with van der Waals surface area (Å²) in [5.41, 5.74) is 7.20. The van der Waals surface area contributed by atoms with Gasteiger partial charge in [0.05, 0.1) is 17.5 Å². The average molecular weight is 500 g/mol. The van der Waals surface area contributed by atoms with Crippen LogP contribution in [0.25, 0.3) is 0 Å². The fourth-order valence-corrected chi connectivity index (χ4v) is 4.31. The molecule has 4 rings (SSSR count). The van der Waals surface area contributed by atoms with Crippen molar-refractivity contribution in [3.63, 3.8) is 0 Å². The predicted molar refractivity (Wildman–Crippen MR) is 123 cm³/mol. The minimum Gasteiger partial charge on any atom is -0.471 e. The van der Waals surface area contributed by atoms with Crippen molar-refractivity contribution in [1.29, 1.82) is 10.7 Å². The third-order valence-corrected chi connectivity index (χ3v) is 6.09. The lowest BCUT2D eigenvalue weighted by atomic mass is 9.94. The topological polar surface area (TPSA) is 134 Å². The Hall–Kier alpha value is -4.11. The van der Waals surface area contributed by atoms with Crippen LogP contribution in [0, 0.1) is 23.7 Å². The number of nitrogens with two attached hydrogens (primary N) is 1. The van der Waals surface area contributed by atoms with Crippen LogP contribution in [0.1, 0.15) is 50.6 Å². The summed E-state index contributed by atoms with van der Waals surface area (Å²) in [6, 6.07) is 8.74. The largest absolute Gasteiger partial charge is 0.471 e. The molecule has 1 aliphatic heterocycles. The van der Waals surface area contributed by atoms with E-state index in [2.05, 4.69) is 5.10 Å². The van der Waals surface area contributed by atoms with E-state index in [1.807, 2.05) is 6.07 Å².